The van der Waals surface area contributed by atoms with Gasteiger partial charge in [-0.05, 0) is 127 Å². The zero-order valence-electron chi connectivity index (χ0n) is 35.0. The zero-order valence-corrected chi connectivity index (χ0v) is 37.0. The van der Waals surface area contributed by atoms with E-state index < -0.39 is 40.6 Å². The first-order valence-corrected chi connectivity index (χ1v) is 25.8. The molecular weight excluding hydrogens is 697 g/mol. The van der Waals surface area contributed by atoms with Crippen LogP contribution in [0.1, 0.15) is 166 Å². The highest BCUT2D eigenvalue weighted by Gasteiger charge is 2.48. The molecule has 8 atom stereocenters. The number of benzene rings is 3. The lowest BCUT2D eigenvalue weighted by molar-refractivity contribution is -0.0460. The summed E-state index contributed by atoms with van der Waals surface area (Å²) in [6.45, 7) is 28.4. The Bertz CT molecular complexity index is 1800. The van der Waals surface area contributed by atoms with E-state index in [0.29, 0.717) is 33.2 Å². The molecule has 2 fully saturated rings. The van der Waals surface area contributed by atoms with E-state index in [-0.39, 0.29) is 23.7 Å². The topological polar surface area (TPSA) is 80.9 Å². The van der Waals surface area contributed by atoms with E-state index in [1.54, 1.807) is 0 Å². The van der Waals surface area contributed by atoms with Gasteiger partial charge < -0.3 is 20.4 Å². The van der Waals surface area contributed by atoms with Gasteiger partial charge in [0.05, 0.1) is 24.4 Å². The summed E-state index contributed by atoms with van der Waals surface area (Å²) in [5, 5.41) is 49.6. The Morgan fingerprint density at radius 1 is 0.407 bits per heavy atom. The molecule has 8 unspecified atom stereocenters. The molecule has 0 aromatic heterocycles. The van der Waals surface area contributed by atoms with Crippen LogP contribution < -0.4 is 0 Å². The van der Waals surface area contributed by atoms with Gasteiger partial charge in [0.25, 0.3) is 0 Å². The molecule has 4 bridgehead atoms. The summed E-state index contributed by atoms with van der Waals surface area (Å²) >= 11 is 0. The standard InChI is InChI=1S/C48H66O4Si2/c1-25(2)53(26(3)4,27(5)6)19-17-31-37-21-41-33-13-15-35(47(51)45(33)49)43(41)23-39(37)32(18-20-54(28(7)8,29(9)10)30(11)12)40-24-44-36-16-14-34(46(50)48(36)52)42(44)22-38(31)40/h21-30,33-36,45-52H,13-16H2,1-12H3. The number of aliphatic hydroxyl groups is 4. The molecule has 2 saturated carbocycles. The number of rotatable bonds is 6. The van der Waals surface area contributed by atoms with E-state index in [0.717, 1.165) is 80.6 Å². The Balaban J connectivity index is 1.67. The Morgan fingerprint density at radius 3 is 0.796 bits per heavy atom. The molecule has 3 aromatic rings. The highest BCUT2D eigenvalue weighted by molar-refractivity contribution is 6.91. The smallest absolute Gasteiger partial charge is 0.146 e. The van der Waals surface area contributed by atoms with Gasteiger partial charge >= 0.3 is 0 Å². The molecule has 4 N–H and O–H groups in total. The molecule has 0 heterocycles. The fourth-order valence-electron chi connectivity index (χ4n) is 12.9. The van der Waals surface area contributed by atoms with Gasteiger partial charge in [-0.2, -0.15) is 0 Å². The lowest BCUT2D eigenvalue weighted by Gasteiger charge is -2.46. The second-order valence-corrected chi connectivity index (χ2v) is 30.8. The van der Waals surface area contributed by atoms with E-state index in [1.807, 2.05) is 0 Å². The van der Waals surface area contributed by atoms with Crippen LogP contribution in [0.25, 0.3) is 21.5 Å². The van der Waals surface area contributed by atoms with Gasteiger partial charge in [0.15, 0.2) is 0 Å². The van der Waals surface area contributed by atoms with Crippen LogP contribution in [0, 0.1) is 22.9 Å². The Morgan fingerprint density at radius 2 is 0.611 bits per heavy atom. The van der Waals surface area contributed by atoms with Crippen molar-refractivity contribution in [3.05, 3.63) is 57.6 Å². The monoisotopic (exact) mass is 762 g/mol. The Kier molecular flexibility index (Phi) is 10.5. The first kappa shape index (κ1) is 39.8. The minimum absolute atomic E-state index is 0.107. The van der Waals surface area contributed by atoms with Crippen molar-refractivity contribution in [3.63, 3.8) is 0 Å². The summed E-state index contributed by atoms with van der Waals surface area (Å²) < 4.78 is 0. The van der Waals surface area contributed by atoms with E-state index >= 15 is 0 Å². The maximum absolute atomic E-state index is 11.3. The van der Waals surface area contributed by atoms with Crippen LogP contribution in [-0.2, 0) is 0 Å². The van der Waals surface area contributed by atoms with Crippen molar-refractivity contribution < 1.29 is 20.4 Å². The quantitative estimate of drug-likeness (QED) is 0.115. The molecule has 0 radical (unpaired) electrons. The summed E-state index contributed by atoms with van der Waals surface area (Å²) in [6.07, 6.45) is 0.409. The molecule has 3 aromatic carbocycles. The molecule has 6 heteroatoms. The predicted molar refractivity (Wildman–Crippen MR) is 231 cm³/mol. The zero-order chi connectivity index (χ0) is 39.3. The average molecular weight is 763 g/mol. The highest BCUT2D eigenvalue weighted by Crippen LogP contribution is 2.54. The molecule has 6 aliphatic carbocycles. The Labute approximate surface area is 327 Å². The molecule has 0 amide bonds. The van der Waals surface area contributed by atoms with Crippen molar-refractivity contribution in [1.82, 2.24) is 0 Å². The maximum Gasteiger partial charge on any atom is 0.146 e. The van der Waals surface area contributed by atoms with E-state index in [4.69, 9.17) is 0 Å². The van der Waals surface area contributed by atoms with Crippen molar-refractivity contribution in [2.75, 3.05) is 0 Å². The number of hydrogen-bond acceptors (Lipinski definition) is 4. The van der Waals surface area contributed by atoms with Crippen molar-refractivity contribution >= 4 is 37.7 Å². The number of fused-ring (bicyclic) bond motifs is 6. The first-order valence-electron chi connectivity index (χ1n) is 21.3. The molecule has 9 rings (SSSR count). The maximum atomic E-state index is 11.3. The van der Waals surface area contributed by atoms with Crippen molar-refractivity contribution in [2.45, 2.75) is 190 Å². The number of aliphatic hydroxyl groups excluding tert-OH is 4. The lowest BCUT2D eigenvalue weighted by Crippen LogP contribution is -2.46. The SMILES string of the molecule is CC(C)[Si](C#Cc1c2cc3c(cc2c(C#C[Si](C(C)C)(C(C)C)C(C)C)c2cc4c(cc12)C1CCC4C(O)C1O)C1CCC3C(O)C1O)(C(C)C)C(C)C. The van der Waals surface area contributed by atoms with Crippen LogP contribution in [0.4, 0.5) is 0 Å². The molecule has 54 heavy (non-hydrogen) atoms. The van der Waals surface area contributed by atoms with Gasteiger partial charge in [0, 0.05) is 34.8 Å². The highest BCUT2D eigenvalue weighted by atomic mass is 28.3. The van der Waals surface area contributed by atoms with Crippen LogP contribution in [0.5, 0.6) is 0 Å². The summed E-state index contributed by atoms with van der Waals surface area (Å²) in [7, 11) is -4.26. The molecule has 0 spiro atoms. The Hall–Kier alpha value is -2.43. The second kappa shape index (κ2) is 14.2. The molecule has 0 saturated heterocycles. The van der Waals surface area contributed by atoms with Gasteiger partial charge in [-0.25, -0.2) is 0 Å². The van der Waals surface area contributed by atoms with Gasteiger partial charge in [-0.1, -0.05) is 94.9 Å². The summed E-state index contributed by atoms with van der Waals surface area (Å²) in [5.74, 6) is 7.49. The van der Waals surface area contributed by atoms with Crippen LogP contribution in [0.3, 0.4) is 0 Å². The van der Waals surface area contributed by atoms with E-state index in [1.165, 1.54) is 0 Å². The third-order valence-corrected chi connectivity index (χ3v) is 28.2. The predicted octanol–water partition coefficient (Wildman–Crippen LogP) is 10.5. The van der Waals surface area contributed by atoms with Crippen molar-refractivity contribution in [2.24, 2.45) is 0 Å². The normalized spacial score (nSPS) is 27.7. The summed E-state index contributed by atoms with van der Waals surface area (Å²) in [4.78, 5) is 0. The fourth-order valence-corrected chi connectivity index (χ4v) is 23.3. The third kappa shape index (κ3) is 5.67. The molecule has 290 valence electrons. The van der Waals surface area contributed by atoms with Gasteiger partial charge in [0.2, 0.25) is 0 Å². The van der Waals surface area contributed by atoms with Crippen molar-refractivity contribution in [1.29, 1.82) is 0 Å². The molecule has 6 aliphatic rings. The molecular formula is C48H66O4Si2. The van der Waals surface area contributed by atoms with Crippen LogP contribution >= 0.6 is 0 Å². The van der Waals surface area contributed by atoms with Gasteiger partial charge in [-0.3, -0.25) is 0 Å². The lowest BCUT2D eigenvalue weighted by atomic mass is 9.62. The fraction of sp³-hybridized carbons (Fsp3) is 0.625. The molecule has 4 nitrogen and oxygen atoms in total. The first-order chi connectivity index (χ1) is 25.4. The second-order valence-electron chi connectivity index (χ2n) is 19.6. The van der Waals surface area contributed by atoms with Crippen LogP contribution in [0.2, 0.25) is 33.2 Å². The largest absolute Gasteiger partial charge is 0.390 e. The van der Waals surface area contributed by atoms with Crippen LogP contribution in [0.15, 0.2) is 24.3 Å². The third-order valence-electron chi connectivity index (χ3n) is 15.6. The summed E-state index contributed by atoms with van der Waals surface area (Å²) in [6, 6.07) is 9.32. The van der Waals surface area contributed by atoms with Gasteiger partial charge in [-0.15, -0.1) is 11.1 Å². The number of hydrogen-bond donors (Lipinski definition) is 4. The minimum Gasteiger partial charge on any atom is -0.390 e. The van der Waals surface area contributed by atoms with Gasteiger partial charge in [0.1, 0.15) is 16.1 Å². The molecule has 0 aliphatic heterocycles. The van der Waals surface area contributed by atoms with E-state index in [9.17, 15) is 20.4 Å². The van der Waals surface area contributed by atoms with Crippen molar-refractivity contribution in [3.8, 4) is 22.9 Å². The average Bonchev–Trinajstić information content (AvgIpc) is 3.10. The summed E-state index contributed by atoms with van der Waals surface area (Å²) in [5.41, 5.74) is 17.8. The minimum atomic E-state index is -2.13. The van der Waals surface area contributed by atoms with Crippen LogP contribution in [-0.4, -0.2) is 61.0 Å². The van der Waals surface area contributed by atoms with E-state index in [2.05, 4.69) is 130 Å².